The molecule has 156 valence electrons. The summed E-state index contributed by atoms with van der Waals surface area (Å²) < 4.78 is 0. The first kappa shape index (κ1) is 22.4. The molecule has 0 aromatic heterocycles. The molecule has 0 aliphatic carbocycles. The minimum atomic E-state index is -0.670. The van der Waals surface area contributed by atoms with E-state index in [2.05, 4.69) is 0 Å². The van der Waals surface area contributed by atoms with Crippen molar-refractivity contribution in [3.63, 3.8) is 0 Å². The van der Waals surface area contributed by atoms with Crippen molar-refractivity contribution in [2.75, 3.05) is 0 Å². The Bertz CT molecular complexity index is 881. The van der Waals surface area contributed by atoms with Gasteiger partial charge in [-0.1, -0.05) is 23.8 Å². The molecule has 5 N–H and O–H groups in total. The van der Waals surface area contributed by atoms with Gasteiger partial charge >= 0.3 is 0 Å². The van der Waals surface area contributed by atoms with Crippen molar-refractivity contribution >= 4 is 12.2 Å². The molecule has 5 nitrogen and oxygen atoms in total. The highest BCUT2D eigenvalue weighted by Gasteiger charge is 2.12. The third-order valence-electron chi connectivity index (χ3n) is 4.71. The van der Waals surface area contributed by atoms with E-state index in [0.717, 1.165) is 18.4 Å². The van der Waals surface area contributed by atoms with Crippen LogP contribution in [-0.4, -0.2) is 31.1 Å². The summed E-state index contributed by atoms with van der Waals surface area (Å²) in [6.07, 6.45) is 8.12. The van der Waals surface area contributed by atoms with Crippen LogP contribution < -0.4 is 0 Å². The van der Waals surface area contributed by atoms with Gasteiger partial charge in [0.2, 0.25) is 0 Å². The highest BCUT2D eigenvalue weighted by Crippen LogP contribution is 2.31. The van der Waals surface area contributed by atoms with Crippen LogP contribution in [0.25, 0.3) is 12.2 Å². The van der Waals surface area contributed by atoms with Gasteiger partial charge in [-0.15, -0.1) is 0 Å². The van der Waals surface area contributed by atoms with Gasteiger partial charge in [0.25, 0.3) is 0 Å². The summed E-state index contributed by atoms with van der Waals surface area (Å²) in [5.74, 6) is -0.0838. The van der Waals surface area contributed by atoms with Gasteiger partial charge in [0.15, 0.2) is 0 Å². The van der Waals surface area contributed by atoms with Crippen LogP contribution >= 0.6 is 0 Å². The van der Waals surface area contributed by atoms with Gasteiger partial charge in [-0.2, -0.15) is 0 Å². The second-order valence-electron chi connectivity index (χ2n) is 8.03. The maximum absolute atomic E-state index is 10.3. The average molecular weight is 398 g/mol. The van der Waals surface area contributed by atoms with E-state index in [1.807, 2.05) is 13.0 Å². The Kier molecular flexibility index (Phi) is 7.35. The Morgan fingerprint density at radius 1 is 0.931 bits per heavy atom. The molecule has 0 radical (unpaired) electrons. The summed E-state index contributed by atoms with van der Waals surface area (Å²) in [7, 11) is 0. The molecule has 29 heavy (non-hydrogen) atoms. The number of benzene rings is 2. The second kappa shape index (κ2) is 9.52. The topological polar surface area (TPSA) is 101 Å². The number of rotatable bonds is 8. The number of hydrogen-bond acceptors (Lipinski definition) is 5. The van der Waals surface area contributed by atoms with E-state index < -0.39 is 5.60 Å². The lowest BCUT2D eigenvalue weighted by molar-refractivity contribution is 0.0689. The van der Waals surface area contributed by atoms with Gasteiger partial charge in [0.05, 0.1) is 5.60 Å². The van der Waals surface area contributed by atoms with Crippen molar-refractivity contribution in [3.05, 3.63) is 58.7 Å². The lowest BCUT2D eigenvalue weighted by atomic mass is 9.98. The van der Waals surface area contributed by atoms with Gasteiger partial charge in [-0.25, -0.2) is 0 Å². The molecule has 0 amide bonds. The lowest BCUT2D eigenvalue weighted by Gasteiger charge is -2.16. The zero-order valence-electron chi connectivity index (χ0n) is 17.2. The fraction of sp³-hybridized carbons (Fsp3) is 0.333. The van der Waals surface area contributed by atoms with Crippen LogP contribution in [0.15, 0.2) is 42.0 Å². The van der Waals surface area contributed by atoms with Crippen LogP contribution in [0.5, 0.6) is 23.0 Å². The van der Waals surface area contributed by atoms with E-state index in [1.165, 1.54) is 12.1 Å². The van der Waals surface area contributed by atoms with E-state index in [4.69, 9.17) is 0 Å². The third kappa shape index (κ3) is 7.20. The van der Waals surface area contributed by atoms with E-state index in [1.54, 1.807) is 44.2 Å². The molecule has 0 saturated carbocycles. The first-order valence-electron chi connectivity index (χ1n) is 9.68. The smallest absolute Gasteiger partial charge is 0.126 e. The minimum Gasteiger partial charge on any atom is -0.508 e. The SMILES string of the molecule is CC(=CCc1c(O)cc(C=Cc2ccc(O)cc2O)cc1O)CCCC(C)(C)O. The fourth-order valence-electron chi connectivity index (χ4n) is 3.01. The molecule has 2 aromatic rings. The largest absolute Gasteiger partial charge is 0.508 e. The standard InChI is InChI=1S/C24H30O5/c1-16(5-4-12-24(2,3)29)6-11-20-22(27)13-17(14-23(20)28)7-8-18-9-10-19(25)15-21(18)26/h6-10,13-15,25-29H,4-5,11-12H2,1-3H3. The Labute approximate surface area is 171 Å². The number of phenols is 4. The molecule has 0 heterocycles. The number of phenolic OH excluding ortho intramolecular Hbond substituents is 4. The normalized spacial score (nSPS) is 12.6. The molecule has 0 saturated heterocycles. The van der Waals surface area contributed by atoms with E-state index in [9.17, 15) is 25.5 Å². The van der Waals surface area contributed by atoms with Gasteiger partial charge < -0.3 is 25.5 Å². The van der Waals surface area contributed by atoms with Gasteiger partial charge in [-0.3, -0.25) is 0 Å². The Hall–Kier alpha value is -2.92. The highest BCUT2D eigenvalue weighted by molar-refractivity contribution is 5.74. The summed E-state index contributed by atoms with van der Waals surface area (Å²) in [4.78, 5) is 0. The molecule has 0 spiro atoms. The van der Waals surface area contributed by atoms with Crippen LogP contribution in [0.4, 0.5) is 0 Å². The maximum atomic E-state index is 10.3. The molecular formula is C24H30O5. The van der Waals surface area contributed by atoms with Crippen LogP contribution in [-0.2, 0) is 6.42 Å². The van der Waals surface area contributed by atoms with Crippen LogP contribution in [0, 0.1) is 0 Å². The summed E-state index contributed by atoms with van der Waals surface area (Å²) in [5, 5.41) is 49.6. The summed E-state index contributed by atoms with van der Waals surface area (Å²) in [6.45, 7) is 5.59. The van der Waals surface area contributed by atoms with Gasteiger partial charge in [0.1, 0.15) is 23.0 Å². The van der Waals surface area contributed by atoms with E-state index in [-0.39, 0.29) is 23.0 Å². The third-order valence-corrected chi connectivity index (χ3v) is 4.71. The van der Waals surface area contributed by atoms with E-state index >= 15 is 0 Å². The molecule has 2 aromatic carbocycles. The van der Waals surface area contributed by atoms with E-state index in [0.29, 0.717) is 29.5 Å². The fourth-order valence-corrected chi connectivity index (χ4v) is 3.01. The zero-order chi connectivity index (χ0) is 21.6. The highest BCUT2D eigenvalue weighted by atomic mass is 16.3. The van der Waals surface area contributed by atoms with Crippen LogP contribution in [0.3, 0.4) is 0 Å². The Balaban J connectivity index is 2.07. The molecule has 5 heteroatoms. The van der Waals surface area contributed by atoms with Crippen molar-refractivity contribution < 1.29 is 25.5 Å². The maximum Gasteiger partial charge on any atom is 0.126 e. The number of aliphatic hydroxyl groups is 1. The van der Waals surface area contributed by atoms with Crippen LogP contribution in [0.2, 0.25) is 0 Å². The van der Waals surface area contributed by atoms with Crippen molar-refractivity contribution in [3.8, 4) is 23.0 Å². The number of hydrogen-bond donors (Lipinski definition) is 5. The molecule has 0 atom stereocenters. The molecule has 0 unspecified atom stereocenters. The summed E-state index contributed by atoms with van der Waals surface area (Å²) in [6, 6.07) is 7.39. The van der Waals surface area contributed by atoms with Crippen molar-refractivity contribution in [1.29, 1.82) is 0 Å². The van der Waals surface area contributed by atoms with Crippen LogP contribution in [0.1, 0.15) is 56.7 Å². The first-order valence-corrected chi connectivity index (χ1v) is 9.68. The molecule has 0 fully saturated rings. The molecular weight excluding hydrogens is 368 g/mol. The summed E-state index contributed by atoms with van der Waals surface area (Å²) in [5.41, 5.74) is 2.02. The minimum absolute atomic E-state index is 0.000111. The average Bonchev–Trinajstić information content (AvgIpc) is 2.59. The van der Waals surface area contributed by atoms with Crippen molar-refractivity contribution in [1.82, 2.24) is 0 Å². The molecule has 0 aliphatic heterocycles. The number of allylic oxidation sites excluding steroid dienone is 2. The molecule has 0 bridgehead atoms. The van der Waals surface area contributed by atoms with Gasteiger partial charge in [0, 0.05) is 17.2 Å². The second-order valence-corrected chi connectivity index (χ2v) is 8.03. The predicted octanol–water partition coefficient (Wildman–Crippen LogP) is 5.11. The summed E-state index contributed by atoms with van der Waals surface area (Å²) >= 11 is 0. The monoisotopic (exact) mass is 398 g/mol. The zero-order valence-corrected chi connectivity index (χ0v) is 17.2. The number of aromatic hydroxyl groups is 4. The lowest BCUT2D eigenvalue weighted by Crippen LogP contribution is -2.17. The van der Waals surface area contributed by atoms with Crippen molar-refractivity contribution in [2.45, 2.75) is 52.1 Å². The van der Waals surface area contributed by atoms with Gasteiger partial charge in [-0.05, 0) is 76.3 Å². The molecule has 0 aliphatic rings. The predicted molar refractivity (Wildman–Crippen MR) is 116 cm³/mol. The Morgan fingerprint density at radius 2 is 1.59 bits per heavy atom. The van der Waals surface area contributed by atoms with Crippen molar-refractivity contribution in [2.24, 2.45) is 0 Å². The first-order chi connectivity index (χ1) is 13.5. The Morgan fingerprint density at radius 3 is 2.17 bits per heavy atom. The molecule has 2 rings (SSSR count). The quantitative estimate of drug-likeness (QED) is 0.314.